The topological polar surface area (TPSA) is 72.9 Å². The van der Waals surface area contributed by atoms with Crippen molar-refractivity contribution in [1.82, 2.24) is 10.3 Å². The first kappa shape index (κ1) is 12.7. The van der Waals surface area contributed by atoms with Gasteiger partial charge in [-0.2, -0.15) is 4.98 Å². The molecule has 3 aliphatic heterocycles. The number of rotatable bonds is 1. The third-order valence-electron chi connectivity index (χ3n) is 4.15. The Bertz CT molecular complexity index is 571. The highest BCUT2D eigenvalue weighted by molar-refractivity contribution is 5.89. The van der Waals surface area contributed by atoms with Gasteiger partial charge >= 0.3 is 6.09 Å². The number of hydrogen-bond acceptors (Lipinski definition) is 6. The molecule has 7 nitrogen and oxygen atoms in total. The largest absolute Gasteiger partial charge is 0.484 e. The maximum absolute atomic E-state index is 12.2. The zero-order valence-electron chi connectivity index (χ0n) is 11.6. The molecule has 3 aliphatic rings. The van der Waals surface area contributed by atoms with Crippen LogP contribution in [0.1, 0.15) is 12.8 Å². The highest BCUT2D eigenvalue weighted by atomic mass is 16.6. The highest BCUT2D eigenvalue weighted by Crippen LogP contribution is 2.36. The van der Waals surface area contributed by atoms with Crippen molar-refractivity contribution in [3.05, 3.63) is 12.1 Å². The number of amides is 1. The monoisotopic (exact) mass is 291 g/mol. The van der Waals surface area contributed by atoms with Crippen LogP contribution in [-0.4, -0.2) is 49.5 Å². The third-order valence-corrected chi connectivity index (χ3v) is 4.15. The van der Waals surface area contributed by atoms with Crippen molar-refractivity contribution < 1.29 is 19.0 Å². The minimum absolute atomic E-state index is 0.332. The molecular weight excluding hydrogens is 274 g/mol. The summed E-state index contributed by atoms with van der Waals surface area (Å²) in [5, 5.41) is 3.28. The average Bonchev–Trinajstić information content (AvgIpc) is 2.83. The fourth-order valence-electron chi connectivity index (χ4n) is 3.01. The van der Waals surface area contributed by atoms with Crippen molar-refractivity contribution in [2.24, 2.45) is 0 Å². The minimum Gasteiger partial charge on any atom is -0.484 e. The molecule has 4 heterocycles. The van der Waals surface area contributed by atoms with E-state index in [-0.39, 0.29) is 11.7 Å². The van der Waals surface area contributed by atoms with Crippen molar-refractivity contribution in [1.29, 1.82) is 0 Å². The van der Waals surface area contributed by atoms with E-state index in [2.05, 4.69) is 10.3 Å². The Morgan fingerprint density at radius 2 is 2.00 bits per heavy atom. The molecule has 21 heavy (non-hydrogen) atoms. The van der Waals surface area contributed by atoms with Gasteiger partial charge in [0, 0.05) is 12.8 Å². The van der Waals surface area contributed by atoms with Crippen LogP contribution in [0.4, 0.5) is 10.6 Å². The number of hydrogen-bond donors (Lipinski definition) is 1. The van der Waals surface area contributed by atoms with Crippen molar-refractivity contribution in [2.45, 2.75) is 18.4 Å². The maximum Gasteiger partial charge on any atom is 0.416 e. The summed E-state index contributed by atoms with van der Waals surface area (Å²) in [6, 6.07) is 3.56. The van der Waals surface area contributed by atoms with Crippen LogP contribution in [0.5, 0.6) is 11.6 Å². The molecule has 0 aromatic carbocycles. The molecule has 2 fully saturated rings. The number of nitrogens with one attached hydrogen (secondary N) is 1. The Morgan fingerprint density at radius 1 is 1.19 bits per heavy atom. The van der Waals surface area contributed by atoms with Gasteiger partial charge in [-0.1, -0.05) is 0 Å². The molecule has 0 unspecified atom stereocenters. The standard InChI is InChI=1S/C14H17N3O4/c18-13-17(9-14(21-13)3-5-15-6-4-14)11-2-1-10-12(16-11)20-8-7-19-10/h1-2,15H,3-9H2. The Balaban J connectivity index is 1.60. The Labute approximate surface area is 122 Å². The van der Waals surface area contributed by atoms with Crippen LogP contribution < -0.4 is 19.7 Å². The van der Waals surface area contributed by atoms with E-state index in [1.807, 2.05) is 0 Å². The van der Waals surface area contributed by atoms with Crippen LogP contribution >= 0.6 is 0 Å². The lowest BCUT2D eigenvalue weighted by atomic mass is 9.92. The average molecular weight is 291 g/mol. The molecule has 2 saturated heterocycles. The zero-order valence-corrected chi connectivity index (χ0v) is 11.6. The second-order valence-corrected chi connectivity index (χ2v) is 5.56. The number of carbonyl (C=O) groups is 1. The number of nitrogens with zero attached hydrogens (tertiary/aromatic N) is 2. The predicted molar refractivity (Wildman–Crippen MR) is 73.9 cm³/mol. The first-order valence-electron chi connectivity index (χ1n) is 7.24. The van der Waals surface area contributed by atoms with Gasteiger partial charge in [0.25, 0.3) is 5.88 Å². The first-order chi connectivity index (χ1) is 10.3. The predicted octanol–water partition coefficient (Wildman–Crippen LogP) is 0.932. The lowest BCUT2D eigenvalue weighted by Crippen LogP contribution is -2.45. The van der Waals surface area contributed by atoms with Gasteiger partial charge < -0.3 is 19.5 Å². The van der Waals surface area contributed by atoms with E-state index in [0.717, 1.165) is 25.9 Å². The van der Waals surface area contributed by atoms with Crippen molar-refractivity contribution in [2.75, 3.05) is 37.7 Å². The van der Waals surface area contributed by atoms with Crippen molar-refractivity contribution in [3.8, 4) is 11.6 Å². The van der Waals surface area contributed by atoms with Gasteiger partial charge in [0.15, 0.2) is 5.75 Å². The molecule has 1 spiro atoms. The van der Waals surface area contributed by atoms with E-state index in [0.29, 0.717) is 37.2 Å². The van der Waals surface area contributed by atoms with Crippen LogP contribution in [0.2, 0.25) is 0 Å². The molecule has 112 valence electrons. The molecule has 1 amide bonds. The van der Waals surface area contributed by atoms with E-state index >= 15 is 0 Å². The number of piperidine rings is 1. The molecular formula is C14H17N3O4. The lowest BCUT2D eigenvalue weighted by Gasteiger charge is -2.31. The number of anilines is 1. The zero-order chi connectivity index (χ0) is 14.3. The van der Waals surface area contributed by atoms with Gasteiger partial charge in [0.2, 0.25) is 0 Å². The first-order valence-corrected chi connectivity index (χ1v) is 7.24. The molecule has 0 atom stereocenters. The van der Waals surface area contributed by atoms with Crippen LogP contribution in [0, 0.1) is 0 Å². The fraction of sp³-hybridized carbons (Fsp3) is 0.571. The summed E-state index contributed by atoms with van der Waals surface area (Å²) in [4.78, 5) is 18.2. The quantitative estimate of drug-likeness (QED) is 0.830. The molecule has 0 bridgehead atoms. The second kappa shape index (κ2) is 4.77. The van der Waals surface area contributed by atoms with Crippen LogP contribution in [0.25, 0.3) is 0 Å². The molecule has 1 aromatic heterocycles. The molecule has 7 heteroatoms. The summed E-state index contributed by atoms with van der Waals surface area (Å²) >= 11 is 0. The number of aromatic nitrogens is 1. The summed E-state index contributed by atoms with van der Waals surface area (Å²) in [7, 11) is 0. The third kappa shape index (κ3) is 2.17. The minimum atomic E-state index is -0.378. The number of fused-ring (bicyclic) bond motifs is 1. The summed E-state index contributed by atoms with van der Waals surface area (Å²) < 4.78 is 16.6. The smallest absolute Gasteiger partial charge is 0.416 e. The van der Waals surface area contributed by atoms with Crippen LogP contribution in [0.3, 0.4) is 0 Å². The van der Waals surface area contributed by atoms with Gasteiger partial charge in [-0.25, -0.2) is 4.79 Å². The second-order valence-electron chi connectivity index (χ2n) is 5.56. The van der Waals surface area contributed by atoms with Crippen molar-refractivity contribution in [3.63, 3.8) is 0 Å². The Hall–Kier alpha value is -2.02. The summed E-state index contributed by atoms with van der Waals surface area (Å²) in [6.07, 6.45) is 1.33. The molecule has 0 radical (unpaired) electrons. The normalized spacial score (nSPS) is 23.2. The van der Waals surface area contributed by atoms with E-state index in [1.54, 1.807) is 17.0 Å². The Morgan fingerprint density at radius 3 is 2.86 bits per heavy atom. The van der Waals surface area contributed by atoms with E-state index in [4.69, 9.17) is 14.2 Å². The van der Waals surface area contributed by atoms with Crippen LogP contribution in [-0.2, 0) is 4.74 Å². The summed E-state index contributed by atoms with van der Waals surface area (Å²) in [5.74, 6) is 1.62. The highest BCUT2D eigenvalue weighted by Gasteiger charge is 2.46. The van der Waals surface area contributed by atoms with Gasteiger partial charge in [0.05, 0.1) is 6.54 Å². The van der Waals surface area contributed by atoms with E-state index < -0.39 is 0 Å². The Kier molecular flexibility index (Phi) is 2.88. The molecule has 0 saturated carbocycles. The molecule has 4 rings (SSSR count). The number of pyridine rings is 1. The fourth-order valence-corrected chi connectivity index (χ4v) is 3.01. The van der Waals surface area contributed by atoms with Gasteiger partial charge in [-0.05, 0) is 25.2 Å². The van der Waals surface area contributed by atoms with Gasteiger partial charge in [-0.15, -0.1) is 0 Å². The molecule has 0 aliphatic carbocycles. The lowest BCUT2D eigenvalue weighted by molar-refractivity contribution is 0.0316. The SMILES string of the molecule is O=C1OC2(CCNCC2)CN1c1ccc2c(n1)OCCO2. The summed E-state index contributed by atoms with van der Waals surface area (Å²) in [5.41, 5.74) is -0.378. The number of carbonyl (C=O) groups excluding carboxylic acids is 1. The van der Waals surface area contributed by atoms with Crippen molar-refractivity contribution >= 4 is 11.9 Å². The van der Waals surface area contributed by atoms with Crippen LogP contribution in [0.15, 0.2) is 12.1 Å². The maximum atomic E-state index is 12.2. The molecule has 1 N–H and O–H groups in total. The van der Waals surface area contributed by atoms with Gasteiger partial charge in [0.1, 0.15) is 24.6 Å². The summed E-state index contributed by atoms with van der Waals surface area (Å²) in [6.45, 7) is 3.28. The number of ether oxygens (including phenoxy) is 3. The van der Waals surface area contributed by atoms with E-state index in [9.17, 15) is 4.79 Å². The molecule has 1 aromatic rings. The van der Waals surface area contributed by atoms with Gasteiger partial charge in [-0.3, -0.25) is 4.90 Å². The van der Waals surface area contributed by atoms with E-state index in [1.165, 1.54) is 0 Å².